The van der Waals surface area contributed by atoms with E-state index in [-0.39, 0.29) is 0 Å². The van der Waals surface area contributed by atoms with Gasteiger partial charge in [0.25, 0.3) is 0 Å². The normalized spacial score (nSPS) is 12.2. The van der Waals surface area contributed by atoms with Crippen LogP contribution in [-0.4, -0.2) is 33.5 Å². The molecule has 0 fully saturated rings. The van der Waals surface area contributed by atoms with Crippen LogP contribution in [0.2, 0.25) is 0 Å². The molecule has 0 amide bonds. The standard InChI is InChI=1S/C16H26BrNO3/c1-5-7-21-16-14(17)8-12(9-15(16)20-4)10-18-13(6-2)11-19-3/h8-9,13,18H,5-7,10-11H2,1-4H3. The van der Waals surface area contributed by atoms with Crippen molar-refractivity contribution in [2.45, 2.75) is 39.3 Å². The van der Waals surface area contributed by atoms with E-state index >= 15 is 0 Å². The van der Waals surface area contributed by atoms with Crippen LogP contribution < -0.4 is 14.8 Å². The Morgan fingerprint density at radius 3 is 2.57 bits per heavy atom. The van der Waals surface area contributed by atoms with Gasteiger partial charge in [-0.15, -0.1) is 0 Å². The lowest BCUT2D eigenvalue weighted by molar-refractivity contribution is 0.164. The summed E-state index contributed by atoms with van der Waals surface area (Å²) in [6.45, 7) is 6.39. The van der Waals surface area contributed by atoms with Crippen molar-refractivity contribution in [1.29, 1.82) is 0 Å². The molecule has 1 atom stereocenters. The van der Waals surface area contributed by atoms with E-state index in [1.54, 1.807) is 14.2 Å². The molecule has 1 rings (SSSR count). The fraction of sp³-hybridized carbons (Fsp3) is 0.625. The zero-order valence-corrected chi connectivity index (χ0v) is 15.0. The highest BCUT2D eigenvalue weighted by Crippen LogP contribution is 2.36. The van der Waals surface area contributed by atoms with Crippen LogP contribution in [0.5, 0.6) is 11.5 Å². The molecule has 0 aliphatic rings. The van der Waals surface area contributed by atoms with E-state index in [9.17, 15) is 0 Å². The van der Waals surface area contributed by atoms with Gasteiger partial charge in [-0.25, -0.2) is 0 Å². The quantitative estimate of drug-likeness (QED) is 0.690. The molecular weight excluding hydrogens is 334 g/mol. The average molecular weight is 360 g/mol. The van der Waals surface area contributed by atoms with Crippen LogP contribution in [0.25, 0.3) is 0 Å². The summed E-state index contributed by atoms with van der Waals surface area (Å²) in [5, 5.41) is 3.49. The van der Waals surface area contributed by atoms with Gasteiger partial charge >= 0.3 is 0 Å². The van der Waals surface area contributed by atoms with Gasteiger partial charge < -0.3 is 19.5 Å². The molecule has 0 spiro atoms. The van der Waals surface area contributed by atoms with Crippen LogP contribution in [-0.2, 0) is 11.3 Å². The maximum Gasteiger partial charge on any atom is 0.175 e. The lowest BCUT2D eigenvalue weighted by Crippen LogP contribution is -2.32. The lowest BCUT2D eigenvalue weighted by Gasteiger charge is -2.18. The smallest absolute Gasteiger partial charge is 0.175 e. The Bertz CT molecular complexity index is 426. The van der Waals surface area contributed by atoms with E-state index in [0.29, 0.717) is 19.3 Å². The summed E-state index contributed by atoms with van der Waals surface area (Å²) in [5.74, 6) is 1.53. The van der Waals surface area contributed by atoms with E-state index in [2.05, 4.69) is 41.2 Å². The topological polar surface area (TPSA) is 39.7 Å². The third-order valence-electron chi connectivity index (χ3n) is 3.20. The number of rotatable bonds is 10. The second kappa shape index (κ2) is 10.0. The number of benzene rings is 1. The summed E-state index contributed by atoms with van der Waals surface area (Å²) < 4.78 is 17.3. The van der Waals surface area contributed by atoms with Gasteiger partial charge in [-0.1, -0.05) is 13.8 Å². The van der Waals surface area contributed by atoms with Crippen molar-refractivity contribution in [3.05, 3.63) is 22.2 Å². The van der Waals surface area contributed by atoms with E-state index in [0.717, 1.165) is 40.9 Å². The first-order valence-corrected chi connectivity index (χ1v) is 8.17. The van der Waals surface area contributed by atoms with E-state index in [1.165, 1.54) is 0 Å². The minimum atomic E-state index is 0.357. The Hall–Kier alpha value is -0.780. The summed E-state index contributed by atoms with van der Waals surface area (Å²) in [6.07, 6.45) is 2.00. The SMILES string of the molecule is CCCOc1c(Br)cc(CNC(CC)COC)cc1OC. The first-order chi connectivity index (χ1) is 10.2. The Morgan fingerprint density at radius 2 is 2.00 bits per heavy atom. The highest BCUT2D eigenvalue weighted by atomic mass is 79.9. The van der Waals surface area contributed by atoms with Crippen molar-refractivity contribution in [3.63, 3.8) is 0 Å². The van der Waals surface area contributed by atoms with Gasteiger partial charge in [0.05, 0.1) is 24.8 Å². The molecule has 1 aromatic carbocycles. The molecule has 21 heavy (non-hydrogen) atoms. The lowest BCUT2D eigenvalue weighted by atomic mass is 10.1. The van der Waals surface area contributed by atoms with Crippen molar-refractivity contribution < 1.29 is 14.2 Å². The molecule has 1 N–H and O–H groups in total. The van der Waals surface area contributed by atoms with Gasteiger partial charge in [0, 0.05) is 19.7 Å². The maximum atomic E-state index is 5.74. The number of methoxy groups -OCH3 is 2. The predicted molar refractivity (Wildman–Crippen MR) is 89.3 cm³/mol. The van der Waals surface area contributed by atoms with Gasteiger partial charge in [0.1, 0.15) is 0 Å². The number of halogens is 1. The van der Waals surface area contributed by atoms with E-state index in [4.69, 9.17) is 14.2 Å². The van der Waals surface area contributed by atoms with Gasteiger partial charge in [-0.05, 0) is 46.5 Å². The van der Waals surface area contributed by atoms with Gasteiger partial charge in [-0.3, -0.25) is 0 Å². The summed E-state index contributed by atoms with van der Waals surface area (Å²) in [6, 6.07) is 4.44. The van der Waals surface area contributed by atoms with Crippen molar-refractivity contribution in [2.24, 2.45) is 0 Å². The average Bonchev–Trinajstić information content (AvgIpc) is 2.49. The van der Waals surface area contributed by atoms with Gasteiger partial charge in [0.2, 0.25) is 0 Å². The second-order valence-corrected chi connectivity index (χ2v) is 5.75. The Kier molecular flexibility index (Phi) is 8.73. The maximum absolute atomic E-state index is 5.74. The van der Waals surface area contributed by atoms with Crippen LogP contribution >= 0.6 is 15.9 Å². The monoisotopic (exact) mass is 359 g/mol. The molecular formula is C16H26BrNO3. The zero-order valence-electron chi connectivity index (χ0n) is 13.4. The van der Waals surface area contributed by atoms with Crippen LogP contribution in [0.1, 0.15) is 32.3 Å². The summed E-state index contributed by atoms with van der Waals surface area (Å²) >= 11 is 3.57. The number of nitrogens with one attached hydrogen (secondary N) is 1. The molecule has 1 unspecified atom stereocenters. The Labute approximate surface area is 136 Å². The number of ether oxygens (including phenoxy) is 3. The fourth-order valence-electron chi connectivity index (χ4n) is 2.00. The van der Waals surface area contributed by atoms with Crippen molar-refractivity contribution in [3.8, 4) is 11.5 Å². The minimum absolute atomic E-state index is 0.357. The highest BCUT2D eigenvalue weighted by Gasteiger charge is 2.12. The number of hydrogen-bond donors (Lipinski definition) is 1. The summed E-state index contributed by atoms with van der Waals surface area (Å²) in [7, 11) is 3.39. The first kappa shape index (κ1) is 18.3. The third-order valence-corrected chi connectivity index (χ3v) is 3.78. The number of hydrogen-bond acceptors (Lipinski definition) is 4. The van der Waals surface area contributed by atoms with E-state index < -0.39 is 0 Å². The third kappa shape index (κ3) is 5.85. The molecule has 0 saturated heterocycles. The molecule has 4 nitrogen and oxygen atoms in total. The Morgan fingerprint density at radius 1 is 1.24 bits per heavy atom. The van der Waals surface area contributed by atoms with Crippen molar-refractivity contribution in [1.82, 2.24) is 5.32 Å². The van der Waals surface area contributed by atoms with Crippen LogP contribution in [0, 0.1) is 0 Å². The minimum Gasteiger partial charge on any atom is -0.493 e. The molecule has 0 bridgehead atoms. The zero-order chi connectivity index (χ0) is 15.7. The molecule has 0 saturated carbocycles. The van der Waals surface area contributed by atoms with Crippen molar-refractivity contribution >= 4 is 15.9 Å². The van der Waals surface area contributed by atoms with Crippen LogP contribution in [0.3, 0.4) is 0 Å². The largest absolute Gasteiger partial charge is 0.493 e. The highest BCUT2D eigenvalue weighted by molar-refractivity contribution is 9.10. The molecule has 0 heterocycles. The molecule has 1 aromatic rings. The molecule has 0 aliphatic heterocycles. The molecule has 0 radical (unpaired) electrons. The summed E-state index contributed by atoms with van der Waals surface area (Å²) in [4.78, 5) is 0. The van der Waals surface area contributed by atoms with Crippen LogP contribution in [0.15, 0.2) is 16.6 Å². The molecule has 0 aliphatic carbocycles. The van der Waals surface area contributed by atoms with E-state index in [1.807, 2.05) is 6.07 Å². The van der Waals surface area contributed by atoms with Gasteiger partial charge in [0.15, 0.2) is 11.5 Å². The first-order valence-electron chi connectivity index (χ1n) is 7.37. The second-order valence-electron chi connectivity index (χ2n) is 4.90. The summed E-state index contributed by atoms with van der Waals surface area (Å²) in [5.41, 5.74) is 1.15. The Balaban J connectivity index is 2.78. The molecule has 0 aromatic heterocycles. The van der Waals surface area contributed by atoms with Gasteiger partial charge in [-0.2, -0.15) is 0 Å². The molecule has 120 valence electrons. The van der Waals surface area contributed by atoms with Crippen LogP contribution in [0.4, 0.5) is 0 Å². The fourth-order valence-corrected chi connectivity index (χ4v) is 2.61. The van der Waals surface area contributed by atoms with Crippen molar-refractivity contribution in [2.75, 3.05) is 27.4 Å². The predicted octanol–water partition coefficient (Wildman–Crippen LogP) is 3.76. The molecule has 5 heteroatoms.